The molecule has 3 heterocycles. The number of methoxy groups -OCH3 is 1. The Bertz CT molecular complexity index is 1010. The van der Waals surface area contributed by atoms with Gasteiger partial charge in [-0.25, -0.2) is 5.01 Å². The molecular weight excluding hydrogens is 406 g/mol. The van der Waals surface area contributed by atoms with Crippen LogP contribution in [0, 0.1) is 5.92 Å². The summed E-state index contributed by atoms with van der Waals surface area (Å²) in [5, 5.41) is 6.48. The quantitative estimate of drug-likeness (QED) is 0.714. The Morgan fingerprint density at radius 1 is 1.09 bits per heavy atom. The van der Waals surface area contributed by atoms with Crippen LogP contribution in [0.3, 0.4) is 0 Å². The molecule has 7 nitrogen and oxygen atoms in total. The third-order valence-electron chi connectivity index (χ3n) is 6.61. The number of benzene rings is 2. The summed E-state index contributed by atoms with van der Waals surface area (Å²) in [5.74, 6) is 3.02. The first kappa shape index (κ1) is 20.8. The Morgan fingerprint density at radius 2 is 1.84 bits per heavy atom. The first-order valence-corrected chi connectivity index (χ1v) is 11.3. The molecule has 0 saturated carbocycles. The third kappa shape index (κ3) is 4.17. The highest BCUT2D eigenvalue weighted by Crippen LogP contribution is 2.39. The van der Waals surface area contributed by atoms with E-state index in [4.69, 9.17) is 19.3 Å². The van der Waals surface area contributed by atoms with Crippen molar-refractivity contribution in [2.24, 2.45) is 11.0 Å². The van der Waals surface area contributed by atoms with Gasteiger partial charge in [-0.2, -0.15) is 5.10 Å². The number of piperidine rings is 1. The van der Waals surface area contributed by atoms with E-state index in [0.717, 1.165) is 65.9 Å². The van der Waals surface area contributed by atoms with Gasteiger partial charge in [-0.15, -0.1) is 0 Å². The van der Waals surface area contributed by atoms with Gasteiger partial charge in [-0.3, -0.25) is 9.69 Å². The fraction of sp³-hybridized carbons (Fsp3) is 0.440. The topological polar surface area (TPSA) is 63.6 Å². The maximum atomic E-state index is 13.4. The molecular formula is C25H29N3O4. The van der Waals surface area contributed by atoms with Gasteiger partial charge in [0.2, 0.25) is 6.79 Å². The number of ether oxygens (including phenoxy) is 3. The lowest BCUT2D eigenvalue weighted by Crippen LogP contribution is -2.41. The Balaban J connectivity index is 1.41. The van der Waals surface area contributed by atoms with Crippen molar-refractivity contribution in [2.45, 2.75) is 32.2 Å². The molecule has 0 unspecified atom stereocenters. The van der Waals surface area contributed by atoms with Gasteiger partial charge in [-0.1, -0.05) is 13.0 Å². The fourth-order valence-corrected chi connectivity index (χ4v) is 4.56. The lowest BCUT2D eigenvalue weighted by Gasteiger charge is -2.31. The van der Waals surface area contributed by atoms with E-state index in [1.54, 1.807) is 12.1 Å². The summed E-state index contributed by atoms with van der Waals surface area (Å²) in [7, 11) is 1.65. The SMILES string of the molecule is COc1ccc(C2=NN(C(=O)CN3CCC(C)CC3)[C@@H](c3ccc4c(c3)OCO4)C2)cc1. The van der Waals surface area contributed by atoms with E-state index in [-0.39, 0.29) is 18.7 Å². The Labute approximate surface area is 188 Å². The second kappa shape index (κ2) is 8.82. The first-order valence-electron chi connectivity index (χ1n) is 11.3. The van der Waals surface area contributed by atoms with Gasteiger partial charge in [0.15, 0.2) is 11.5 Å². The molecule has 2 aromatic carbocycles. The Morgan fingerprint density at radius 3 is 2.59 bits per heavy atom. The second-order valence-corrected chi connectivity index (χ2v) is 8.80. The summed E-state index contributed by atoms with van der Waals surface area (Å²) in [6.45, 7) is 4.83. The molecule has 0 N–H and O–H groups in total. The number of hydrogen-bond acceptors (Lipinski definition) is 6. The minimum Gasteiger partial charge on any atom is -0.497 e. The number of rotatable bonds is 5. The molecule has 1 amide bonds. The molecule has 1 atom stereocenters. The lowest BCUT2D eigenvalue weighted by molar-refractivity contribution is -0.134. The number of likely N-dealkylation sites (tertiary alicyclic amines) is 1. The number of fused-ring (bicyclic) bond motifs is 1. The minimum absolute atomic E-state index is 0.0331. The van der Waals surface area contributed by atoms with Crippen LogP contribution in [0.15, 0.2) is 47.6 Å². The maximum absolute atomic E-state index is 13.4. The van der Waals surface area contributed by atoms with E-state index >= 15 is 0 Å². The summed E-state index contributed by atoms with van der Waals surface area (Å²) in [6.07, 6.45) is 2.92. The fourth-order valence-electron chi connectivity index (χ4n) is 4.56. The van der Waals surface area contributed by atoms with Gasteiger partial charge in [-0.05, 0) is 79.4 Å². The molecule has 5 rings (SSSR count). The average Bonchev–Trinajstić information content (AvgIpc) is 3.47. The number of amides is 1. The monoisotopic (exact) mass is 435 g/mol. The van der Waals surface area contributed by atoms with E-state index in [9.17, 15) is 4.79 Å². The van der Waals surface area contributed by atoms with Gasteiger partial charge < -0.3 is 14.2 Å². The van der Waals surface area contributed by atoms with Crippen LogP contribution in [0.2, 0.25) is 0 Å². The molecule has 7 heteroatoms. The van der Waals surface area contributed by atoms with E-state index < -0.39 is 0 Å². The molecule has 3 aliphatic heterocycles. The Hall–Kier alpha value is -3.06. The molecule has 0 aromatic heterocycles. The summed E-state index contributed by atoms with van der Waals surface area (Å²) >= 11 is 0. The van der Waals surface area contributed by atoms with Gasteiger partial charge in [0.05, 0.1) is 25.4 Å². The standard InChI is InChI=1S/C25H29N3O4/c1-17-9-11-27(12-10-17)15-25(29)28-22(19-5-8-23-24(13-19)32-16-31-23)14-21(26-28)18-3-6-20(30-2)7-4-18/h3-8,13,17,22H,9-12,14-16H2,1-2H3/t22-/m1/s1. The van der Waals surface area contributed by atoms with Crippen LogP contribution >= 0.6 is 0 Å². The normalized spacial score (nSPS) is 21.0. The van der Waals surface area contributed by atoms with Crippen LogP contribution in [-0.2, 0) is 4.79 Å². The summed E-state index contributed by atoms with van der Waals surface area (Å²) in [5.41, 5.74) is 2.90. The van der Waals surface area contributed by atoms with Crippen molar-refractivity contribution in [3.8, 4) is 17.2 Å². The summed E-state index contributed by atoms with van der Waals surface area (Å²) < 4.78 is 16.3. The van der Waals surface area contributed by atoms with Crippen LogP contribution in [0.1, 0.15) is 43.4 Å². The van der Waals surface area contributed by atoms with Crippen LogP contribution in [-0.4, -0.2) is 55.1 Å². The van der Waals surface area contributed by atoms with Crippen molar-refractivity contribution in [3.63, 3.8) is 0 Å². The molecule has 0 spiro atoms. The van der Waals surface area contributed by atoms with E-state index in [1.165, 1.54) is 0 Å². The zero-order valence-electron chi connectivity index (χ0n) is 18.6. The summed E-state index contributed by atoms with van der Waals surface area (Å²) in [6, 6.07) is 13.6. The average molecular weight is 436 g/mol. The zero-order chi connectivity index (χ0) is 22.1. The number of carbonyl (C=O) groups excluding carboxylic acids is 1. The van der Waals surface area contributed by atoms with Gasteiger partial charge in [0.25, 0.3) is 5.91 Å². The third-order valence-corrected chi connectivity index (χ3v) is 6.61. The van der Waals surface area contributed by atoms with Crippen LogP contribution < -0.4 is 14.2 Å². The predicted molar refractivity (Wildman–Crippen MR) is 121 cm³/mol. The van der Waals surface area contributed by atoms with Crippen LogP contribution in [0.25, 0.3) is 0 Å². The van der Waals surface area contributed by atoms with Gasteiger partial charge in [0.1, 0.15) is 5.75 Å². The maximum Gasteiger partial charge on any atom is 0.257 e. The van der Waals surface area contributed by atoms with Crippen LogP contribution in [0.4, 0.5) is 0 Å². The number of hydrogen-bond donors (Lipinski definition) is 0. The van der Waals surface area contributed by atoms with E-state index in [2.05, 4.69) is 11.8 Å². The highest BCUT2D eigenvalue weighted by atomic mass is 16.7. The molecule has 32 heavy (non-hydrogen) atoms. The number of nitrogens with zero attached hydrogens (tertiary/aromatic N) is 3. The van der Waals surface area contributed by atoms with E-state index in [0.29, 0.717) is 13.0 Å². The molecule has 0 bridgehead atoms. The predicted octanol–water partition coefficient (Wildman–Crippen LogP) is 3.83. The second-order valence-electron chi connectivity index (χ2n) is 8.80. The minimum atomic E-state index is -0.169. The van der Waals surface area contributed by atoms with Crippen LogP contribution in [0.5, 0.6) is 17.2 Å². The van der Waals surface area contributed by atoms with Crippen molar-refractivity contribution in [1.29, 1.82) is 0 Å². The van der Waals surface area contributed by atoms with Crippen molar-refractivity contribution in [3.05, 3.63) is 53.6 Å². The van der Waals surface area contributed by atoms with Crippen molar-refractivity contribution < 1.29 is 19.0 Å². The summed E-state index contributed by atoms with van der Waals surface area (Å²) in [4.78, 5) is 15.6. The van der Waals surface area contributed by atoms with E-state index in [1.807, 2.05) is 42.5 Å². The highest BCUT2D eigenvalue weighted by Gasteiger charge is 2.35. The molecule has 1 saturated heterocycles. The first-order chi connectivity index (χ1) is 15.6. The number of carbonyl (C=O) groups is 1. The lowest BCUT2D eigenvalue weighted by atomic mass is 9.97. The number of hydrazone groups is 1. The molecule has 168 valence electrons. The molecule has 3 aliphatic rings. The zero-order valence-corrected chi connectivity index (χ0v) is 18.6. The molecule has 0 aliphatic carbocycles. The van der Waals surface area contributed by atoms with Gasteiger partial charge >= 0.3 is 0 Å². The Kier molecular flexibility index (Phi) is 5.74. The molecule has 0 radical (unpaired) electrons. The largest absolute Gasteiger partial charge is 0.497 e. The van der Waals surface area contributed by atoms with Crippen molar-refractivity contribution in [1.82, 2.24) is 9.91 Å². The van der Waals surface area contributed by atoms with Crippen molar-refractivity contribution >= 4 is 11.6 Å². The molecule has 2 aromatic rings. The highest BCUT2D eigenvalue weighted by molar-refractivity contribution is 6.03. The van der Waals surface area contributed by atoms with Gasteiger partial charge in [0, 0.05) is 6.42 Å². The van der Waals surface area contributed by atoms with Crippen molar-refractivity contribution in [2.75, 3.05) is 33.5 Å². The molecule has 1 fully saturated rings. The smallest absolute Gasteiger partial charge is 0.257 e.